The van der Waals surface area contributed by atoms with Crippen molar-refractivity contribution in [3.05, 3.63) is 66.0 Å². The van der Waals surface area contributed by atoms with Crippen LogP contribution in [0.25, 0.3) is 0 Å². The molecule has 0 bridgehead atoms. The highest BCUT2D eigenvalue weighted by Crippen LogP contribution is 2.23. The minimum absolute atomic E-state index is 0.0808. The third-order valence-electron chi connectivity index (χ3n) is 6.62. The fourth-order valence-electron chi connectivity index (χ4n) is 4.69. The van der Waals surface area contributed by atoms with E-state index in [0.29, 0.717) is 12.8 Å². The van der Waals surface area contributed by atoms with Gasteiger partial charge in [-0.05, 0) is 43.4 Å². The molecule has 1 fully saturated rings. The number of nitrogens with zero attached hydrogens (tertiary/aromatic N) is 2. The summed E-state index contributed by atoms with van der Waals surface area (Å²) in [5.41, 5.74) is 0.794. The number of anilines is 1. The van der Waals surface area contributed by atoms with Crippen molar-refractivity contribution in [3.63, 3.8) is 0 Å². The normalized spacial score (nSPS) is 15.2. The number of para-hydroxylation sites is 1. The number of hydrogen-bond donors (Lipinski definition) is 1. The number of carbonyl (C=O) groups excluding carboxylic acids is 2. The zero-order valence-corrected chi connectivity index (χ0v) is 21.8. The maximum atomic E-state index is 14.5. The molecule has 0 spiro atoms. The summed E-state index contributed by atoms with van der Waals surface area (Å²) in [7, 11) is -3.97. The Balaban J connectivity index is 1.86. The van der Waals surface area contributed by atoms with E-state index in [2.05, 4.69) is 5.32 Å². The van der Waals surface area contributed by atoms with Crippen molar-refractivity contribution in [2.24, 2.45) is 0 Å². The first-order chi connectivity index (χ1) is 17.2. The molecule has 1 aliphatic rings. The lowest BCUT2D eigenvalue weighted by Gasteiger charge is -2.34. The Morgan fingerprint density at radius 3 is 2.28 bits per heavy atom. The average Bonchev–Trinajstić information content (AvgIpc) is 2.86. The Labute approximate surface area is 213 Å². The topological polar surface area (TPSA) is 86.8 Å². The van der Waals surface area contributed by atoms with Gasteiger partial charge in [0.25, 0.3) is 0 Å². The molecule has 0 aliphatic heterocycles. The monoisotopic (exact) mass is 517 g/mol. The highest BCUT2D eigenvalue weighted by atomic mass is 32.2. The smallest absolute Gasteiger partial charge is 0.244 e. The van der Waals surface area contributed by atoms with E-state index in [4.69, 9.17) is 0 Å². The van der Waals surface area contributed by atoms with Crippen LogP contribution in [0.5, 0.6) is 0 Å². The maximum absolute atomic E-state index is 14.5. The zero-order chi connectivity index (χ0) is 26.1. The van der Waals surface area contributed by atoms with Crippen molar-refractivity contribution < 1.29 is 22.4 Å². The molecule has 1 aliphatic carbocycles. The predicted octanol–water partition coefficient (Wildman–Crippen LogP) is 3.89. The lowest BCUT2D eigenvalue weighted by Crippen LogP contribution is -2.54. The second kappa shape index (κ2) is 12.9. The molecule has 2 amide bonds. The van der Waals surface area contributed by atoms with E-state index in [1.807, 2.05) is 37.3 Å². The van der Waals surface area contributed by atoms with Crippen LogP contribution in [0.15, 0.2) is 54.6 Å². The van der Waals surface area contributed by atoms with Crippen LogP contribution in [-0.4, -0.2) is 56.6 Å². The quantitative estimate of drug-likeness (QED) is 0.490. The Kier molecular flexibility index (Phi) is 9.87. The number of benzene rings is 2. The summed E-state index contributed by atoms with van der Waals surface area (Å²) in [6.45, 7) is 1.47. The summed E-state index contributed by atoms with van der Waals surface area (Å²) >= 11 is 0. The van der Waals surface area contributed by atoms with Crippen LogP contribution in [0.4, 0.5) is 10.1 Å². The highest BCUT2D eigenvalue weighted by Gasteiger charge is 2.33. The highest BCUT2D eigenvalue weighted by molar-refractivity contribution is 7.92. The summed E-state index contributed by atoms with van der Waals surface area (Å²) in [6.07, 6.45) is 6.91. The number of sulfonamides is 1. The van der Waals surface area contributed by atoms with E-state index in [9.17, 15) is 22.4 Å². The minimum atomic E-state index is -3.97. The molecule has 0 aromatic heterocycles. The van der Waals surface area contributed by atoms with Crippen LogP contribution in [0, 0.1) is 5.82 Å². The van der Waals surface area contributed by atoms with E-state index in [1.54, 1.807) is 0 Å². The zero-order valence-electron chi connectivity index (χ0n) is 21.0. The van der Waals surface area contributed by atoms with E-state index in [1.165, 1.54) is 23.1 Å². The summed E-state index contributed by atoms with van der Waals surface area (Å²) in [6, 6.07) is 14.3. The molecular formula is C27H36FN3O4S. The van der Waals surface area contributed by atoms with Gasteiger partial charge in [0.1, 0.15) is 18.4 Å². The Morgan fingerprint density at radius 1 is 1.03 bits per heavy atom. The summed E-state index contributed by atoms with van der Waals surface area (Å²) in [5.74, 6) is -1.53. The van der Waals surface area contributed by atoms with Crippen molar-refractivity contribution in [1.82, 2.24) is 10.2 Å². The minimum Gasteiger partial charge on any atom is -0.352 e. The van der Waals surface area contributed by atoms with Gasteiger partial charge >= 0.3 is 0 Å². The summed E-state index contributed by atoms with van der Waals surface area (Å²) in [5, 5.41) is 3.10. The molecule has 0 heterocycles. The van der Waals surface area contributed by atoms with Crippen LogP contribution in [0.3, 0.4) is 0 Å². The molecule has 0 unspecified atom stereocenters. The Hall–Kier alpha value is -2.94. The van der Waals surface area contributed by atoms with Gasteiger partial charge in [-0.25, -0.2) is 12.8 Å². The average molecular weight is 518 g/mol. The molecule has 1 N–H and O–H groups in total. The molecule has 0 saturated heterocycles. The Morgan fingerprint density at radius 2 is 1.67 bits per heavy atom. The maximum Gasteiger partial charge on any atom is 0.244 e. The van der Waals surface area contributed by atoms with Crippen molar-refractivity contribution in [2.75, 3.05) is 23.7 Å². The molecule has 7 nitrogen and oxygen atoms in total. The van der Waals surface area contributed by atoms with Gasteiger partial charge in [0, 0.05) is 12.6 Å². The molecule has 2 aromatic carbocycles. The van der Waals surface area contributed by atoms with Crippen LogP contribution < -0.4 is 9.62 Å². The lowest BCUT2D eigenvalue weighted by molar-refractivity contribution is -0.140. The fraction of sp³-hybridized carbons (Fsp3) is 0.481. The van der Waals surface area contributed by atoms with Crippen molar-refractivity contribution in [2.45, 2.75) is 64.0 Å². The van der Waals surface area contributed by atoms with E-state index >= 15 is 0 Å². The van der Waals surface area contributed by atoms with Gasteiger partial charge in [0.2, 0.25) is 21.8 Å². The third kappa shape index (κ3) is 7.53. The molecule has 0 radical (unpaired) electrons. The number of carbonyl (C=O) groups is 2. The first-order valence-corrected chi connectivity index (χ1v) is 14.4. The molecular weight excluding hydrogens is 481 g/mol. The van der Waals surface area contributed by atoms with Crippen molar-refractivity contribution in [1.29, 1.82) is 0 Å². The number of halogens is 1. The van der Waals surface area contributed by atoms with Gasteiger partial charge in [-0.2, -0.15) is 0 Å². The molecule has 9 heteroatoms. The molecule has 196 valence electrons. The number of amides is 2. The first-order valence-electron chi connectivity index (χ1n) is 12.6. The van der Waals surface area contributed by atoms with Crippen molar-refractivity contribution >= 4 is 27.5 Å². The summed E-state index contributed by atoms with van der Waals surface area (Å²) in [4.78, 5) is 28.4. The van der Waals surface area contributed by atoms with Gasteiger partial charge in [-0.3, -0.25) is 13.9 Å². The third-order valence-corrected chi connectivity index (χ3v) is 7.75. The van der Waals surface area contributed by atoms with E-state index < -0.39 is 34.3 Å². The van der Waals surface area contributed by atoms with Crippen LogP contribution >= 0.6 is 0 Å². The van der Waals surface area contributed by atoms with Crippen LogP contribution in [0.2, 0.25) is 0 Å². The second-order valence-corrected chi connectivity index (χ2v) is 11.2. The fourth-order valence-corrected chi connectivity index (χ4v) is 5.54. The van der Waals surface area contributed by atoms with E-state index in [0.717, 1.165) is 54.3 Å². The van der Waals surface area contributed by atoms with Gasteiger partial charge in [-0.1, -0.05) is 68.7 Å². The van der Waals surface area contributed by atoms with Gasteiger partial charge in [0.15, 0.2) is 0 Å². The SMILES string of the molecule is CC[C@H](C(=O)NC1CCCCC1)N(CCc1ccccc1)C(=O)CN(c1ccccc1F)S(C)(=O)=O. The van der Waals surface area contributed by atoms with Gasteiger partial charge < -0.3 is 10.2 Å². The molecule has 3 rings (SSSR count). The molecule has 1 saturated carbocycles. The van der Waals surface area contributed by atoms with Crippen LogP contribution in [0.1, 0.15) is 51.0 Å². The van der Waals surface area contributed by atoms with Gasteiger partial charge in [0.05, 0.1) is 11.9 Å². The molecule has 36 heavy (non-hydrogen) atoms. The number of hydrogen-bond acceptors (Lipinski definition) is 4. The van der Waals surface area contributed by atoms with Crippen LogP contribution in [-0.2, 0) is 26.0 Å². The standard InChI is InChI=1S/C27H36FN3O4S/c1-3-24(27(33)29-22-14-8-5-9-15-22)30(19-18-21-12-6-4-7-13-21)26(32)20-31(36(2,34)35)25-17-11-10-16-23(25)28/h4,6-7,10-13,16-17,22,24H,3,5,8-9,14-15,18-20H2,1-2H3,(H,29,33)/t24-/m1/s1. The molecule has 2 aromatic rings. The number of rotatable bonds is 11. The Bertz CT molecular complexity index is 1120. The lowest BCUT2D eigenvalue weighted by atomic mass is 9.95. The van der Waals surface area contributed by atoms with Crippen molar-refractivity contribution in [3.8, 4) is 0 Å². The summed E-state index contributed by atoms with van der Waals surface area (Å²) < 4.78 is 40.4. The largest absolute Gasteiger partial charge is 0.352 e. The van der Waals surface area contributed by atoms with E-state index in [-0.39, 0.29) is 24.2 Å². The first kappa shape index (κ1) is 27.6. The predicted molar refractivity (Wildman–Crippen MR) is 140 cm³/mol. The number of nitrogens with one attached hydrogen (secondary N) is 1. The second-order valence-electron chi connectivity index (χ2n) is 9.31. The van der Waals surface area contributed by atoms with Gasteiger partial charge in [-0.15, -0.1) is 0 Å². The molecule has 1 atom stereocenters.